The third-order valence-electron chi connectivity index (χ3n) is 3.85. The molecule has 3 rings (SSSR count). The lowest BCUT2D eigenvalue weighted by atomic mass is 10.1. The van der Waals surface area contributed by atoms with Gasteiger partial charge >= 0.3 is 0 Å². The van der Waals surface area contributed by atoms with Crippen molar-refractivity contribution in [3.63, 3.8) is 0 Å². The van der Waals surface area contributed by atoms with Gasteiger partial charge < -0.3 is 4.90 Å². The summed E-state index contributed by atoms with van der Waals surface area (Å²) in [4.78, 5) is 1.88. The van der Waals surface area contributed by atoms with Gasteiger partial charge in [-0.25, -0.2) is 8.42 Å². The number of hydrogen-bond acceptors (Lipinski definition) is 4. The van der Waals surface area contributed by atoms with Crippen LogP contribution in [0.5, 0.6) is 0 Å². The van der Waals surface area contributed by atoms with Crippen LogP contribution >= 0.6 is 11.8 Å². The Morgan fingerprint density at radius 2 is 2.00 bits per heavy atom. The molecule has 0 amide bonds. The largest absolute Gasteiger partial charge is 0.316 e. The number of nitrogens with one attached hydrogen (secondary N) is 1. The molecule has 0 spiro atoms. The fourth-order valence-corrected chi connectivity index (χ4v) is 6.48. The second kappa shape index (κ2) is 4.24. The zero-order chi connectivity index (χ0) is 13.8. The molecule has 2 heterocycles. The fourth-order valence-electron chi connectivity index (χ4n) is 2.69. The summed E-state index contributed by atoms with van der Waals surface area (Å²) in [5.41, 5.74) is 3.31. The van der Waals surface area contributed by atoms with Gasteiger partial charge in [0.2, 0.25) is 0 Å². The van der Waals surface area contributed by atoms with E-state index in [2.05, 4.69) is 0 Å². The summed E-state index contributed by atoms with van der Waals surface area (Å²) >= 11 is 1.38. The maximum absolute atomic E-state index is 11.7. The number of rotatable bonds is 1. The summed E-state index contributed by atoms with van der Waals surface area (Å²) in [6.07, 6.45) is 0. The van der Waals surface area contributed by atoms with Crippen molar-refractivity contribution in [3.8, 4) is 0 Å². The first-order valence-electron chi connectivity index (χ1n) is 6.19. The molecule has 0 aliphatic carbocycles. The Morgan fingerprint density at radius 3 is 2.68 bits per heavy atom. The summed E-state index contributed by atoms with van der Waals surface area (Å²) < 4.78 is 23.5. The average molecular weight is 296 g/mol. The smallest absolute Gasteiger partial charge is 0.161 e. The molecular formula is C13H16N2O2S2. The molecule has 1 N–H and O–H groups in total. The molecule has 1 aromatic rings. The molecule has 0 unspecified atom stereocenters. The van der Waals surface area contributed by atoms with Gasteiger partial charge in [0.15, 0.2) is 15.0 Å². The average Bonchev–Trinajstić information content (AvgIpc) is 2.73. The summed E-state index contributed by atoms with van der Waals surface area (Å²) in [6, 6.07) is 5.96. The maximum atomic E-state index is 11.7. The number of sulfone groups is 1. The number of thioether (sulfide) groups is 1. The van der Waals surface area contributed by atoms with Crippen molar-refractivity contribution in [1.82, 2.24) is 0 Å². The molecule has 0 radical (unpaired) electrons. The van der Waals surface area contributed by atoms with Crippen LogP contribution in [-0.4, -0.2) is 36.4 Å². The molecule has 0 bridgehead atoms. The van der Waals surface area contributed by atoms with Crippen molar-refractivity contribution in [2.75, 3.05) is 16.4 Å². The van der Waals surface area contributed by atoms with Crippen molar-refractivity contribution in [2.24, 2.45) is 0 Å². The molecule has 4 nitrogen and oxygen atoms in total. The van der Waals surface area contributed by atoms with Crippen LogP contribution in [0, 0.1) is 19.3 Å². The van der Waals surface area contributed by atoms with E-state index in [9.17, 15) is 8.42 Å². The van der Waals surface area contributed by atoms with Crippen molar-refractivity contribution in [3.05, 3.63) is 29.3 Å². The van der Waals surface area contributed by atoms with E-state index >= 15 is 0 Å². The number of hydrogen-bond donors (Lipinski definition) is 1. The molecule has 102 valence electrons. The molecule has 2 atom stereocenters. The zero-order valence-corrected chi connectivity index (χ0v) is 12.5. The number of benzene rings is 1. The van der Waals surface area contributed by atoms with Gasteiger partial charge in [0.05, 0.1) is 17.5 Å². The van der Waals surface area contributed by atoms with Crippen LogP contribution in [0.3, 0.4) is 0 Å². The monoisotopic (exact) mass is 296 g/mol. The minimum absolute atomic E-state index is 0.0131. The first-order valence-corrected chi connectivity index (χ1v) is 8.89. The molecule has 2 fully saturated rings. The van der Waals surface area contributed by atoms with E-state index in [1.54, 1.807) is 0 Å². The van der Waals surface area contributed by atoms with Crippen LogP contribution in [-0.2, 0) is 9.84 Å². The quantitative estimate of drug-likeness (QED) is 0.860. The van der Waals surface area contributed by atoms with Crippen LogP contribution in [0.15, 0.2) is 18.2 Å². The van der Waals surface area contributed by atoms with Crippen LogP contribution in [0.1, 0.15) is 11.1 Å². The number of anilines is 1. The van der Waals surface area contributed by atoms with Gasteiger partial charge in [-0.1, -0.05) is 17.8 Å². The minimum atomic E-state index is -2.95. The van der Waals surface area contributed by atoms with E-state index in [1.165, 1.54) is 22.9 Å². The third-order valence-corrected chi connectivity index (χ3v) is 6.99. The van der Waals surface area contributed by atoms with E-state index < -0.39 is 9.84 Å². The van der Waals surface area contributed by atoms with Crippen molar-refractivity contribution < 1.29 is 8.42 Å². The Balaban J connectivity index is 1.99. The molecule has 0 aromatic heterocycles. The molecular weight excluding hydrogens is 280 g/mol. The van der Waals surface area contributed by atoms with Crippen LogP contribution in [0.25, 0.3) is 0 Å². The van der Waals surface area contributed by atoms with Gasteiger partial charge in [0, 0.05) is 10.9 Å². The lowest BCUT2D eigenvalue weighted by molar-refractivity contribution is 0.601. The molecule has 19 heavy (non-hydrogen) atoms. The summed E-state index contributed by atoms with van der Waals surface area (Å²) in [5.74, 6) is 0.367. The lowest BCUT2D eigenvalue weighted by Crippen LogP contribution is -2.37. The predicted octanol–water partition coefficient (Wildman–Crippen LogP) is 1.96. The second-order valence-corrected chi connectivity index (χ2v) is 8.63. The van der Waals surface area contributed by atoms with E-state index in [1.807, 2.05) is 36.9 Å². The third kappa shape index (κ3) is 2.17. The summed E-state index contributed by atoms with van der Waals surface area (Å²) in [5, 5.41) is 8.57. The molecule has 2 aliphatic rings. The van der Waals surface area contributed by atoms with Crippen LogP contribution in [0.4, 0.5) is 5.69 Å². The molecule has 6 heteroatoms. The first kappa shape index (κ1) is 13.0. The highest BCUT2D eigenvalue weighted by atomic mass is 32.2. The predicted molar refractivity (Wildman–Crippen MR) is 79.9 cm³/mol. The van der Waals surface area contributed by atoms with Gasteiger partial charge in [-0.15, -0.1) is 0 Å². The van der Waals surface area contributed by atoms with E-state index in [4.69, 9.17) is 5.41 Å². The van der Waals surface area contributed by atoms with Gasteiger partial charge in [0.1, 0.15) is 0 Å². The second-order valence-electron chi connectivity index (χ2n) is 5.24. The summed E-state index contributed by atoms with van der Waals surface area (Å²) in [7, 11) is -2.95. The molecule has 2 aliphatic heterocycles. The highest BCUT2D eigenvalue weighted by Crippen LogP contribution is 2.40. The zero-order valence-electron chi connectivity index (χ0n) is 10.9. The number of nitrogens with zero attached hydrogens (tertiary/aromatic N) is 1. The maximum Gasteiger partial charge on any atom is 0.161 e. The Kier molecular flexibility index (Phi) is 2.90. The Morgan fingerprint density at radius 1 is 1.26 bits per heavy atom. The lowest BCUT2D eigenvalue weighted by Gasteiger charge is -2.24. The van der Waals surface area contributed by atoms with Crippen molar-refractivity contribution >= 4 is 32.5 Å². The number of aryl methyl sites for hydroxylation is 2. The van der Waals surface area contributed by atoms with Gasteiger partial charge in [-0.2, -0.15) is 0 Å². The Labute approximate surface area is 117 Å². The normalized spacial score (nSPS) is 28.7. The van der Waals surface area contributed by atoms with E-state index in [0.717, 1.165) is 5.69 Å². The van der Waals surface area contributed by atoms with Crippen molar-refractivity contribution in [1.29, 1.82) is 5.41 Å². The topological polar surface area (TPSA) is 61.2 Å². The van der Waals surface area contributed by atoms with E-state index in [0.29, 0.717) is 5.17 Å². The van der Waals surface area contributed by atoms with Gasteiger partial charge in [-0.05, 0) is 37.1 Å². The first-order chi connectivity index (χ1) is 8.87. The fraction of sp³-hybridized carbons (Fsp3) is 0.462. The minimum Gasteiger partial charge on any atom is -0.316 e. The number of amidine groups is 1. The SMILES string of the molecule is Cc1ccc(N2C(=N)S[C@@H]3CS(=O)(=O)C[C@H]32)cc1C. The van der Waals surface area contributed by atoms with E-state index in [-0.39, 0.29) is 22.8 Å². The van der Waals surface area contributed by atoms with Gasteiger partial charge in [-0.3, -0.25) is 5.41 Å². The van der Waals surface area contributed by atoms with Crippen molar-refractivity contribution in [2.45, 2.75) is 25.1 Å². The highest BCUT2D eigenvalue weighted by molar-refractivity contribution is 8.15. The molecule has 1 aromatic carbocycles. The highest BCUT2D eigenvalue weighted by Gasteiger charge is 2.48. The van der Waals surface area contributed by atoms with Crippen LogP contribution < -0.4 is 4.90 Å². The molecule has 0 saturated carbocycles. The Bertz CT molecular complexity index is 655. The number of fused-ring (bicyclic) bond motifs is 1. The Hall–Kier alpha value is -1.01. The molecule has 2 saturated heterocycles. The van der Waals surface area contributed by atoms with Gasteiger partial charge in [0.25, 0.3) is 0 Å². The van der Waals surface area contributed by atoms with Crippen LogP contribution in [0.2, 0.25) is 0 Å². The summed E-state index contributed by atoms with van der Waals surface area (Å²) in [6.45, 7) is 4.08. The standard InChI is InChI=1S/C13H16N2O2S2/c1-8-3-4-10(5-9(8)2)15-11-6-19(16,17)7-12(11)18-13(15)14/h3-5,11-12,14H,6-7H2,1-2H3/t11-,12-/m1/s1.